The van der Waals surface area contributed by atoms with Crippen LogP contribution >= 0.6 is 15.6 Å². The van der Waals surface area contributed by atoms with E-state index in [2.05, 4.69) is 167 Å². The van der Waals surface area contributed by atoms with Crippen LogP contribution in [0.25, 0.3) is 0 Å². The topological polar surface area (TPSA) is 231 Å². The van der Waals surface area contributed by atoms with E-state index in [0.29, 0.717) is 19.3 Å². The number of esters is 3. The highest BCUT2D eigenvalue weighted by atomic mass is 31.2. The predicted molar refractivity (Wildman–Crippen MR) is 519 cm³/mol. The molecule has 5 unspecified atom stereocenters. The van der Waals surface area contributed by atoms with Crippen LogP contribution in [-0.2, 0) is 55.8 Å². The minimum Gasteiger partial charge on any atom is -0.463 e. The Balaban J connectivity index is 4.59. The standard InChI is InChI=1S/C105H184O16P2/c1-4-7-10-13-16-19-22-25-28-31-34-37-40-43-45-47-48-49-50-52-54-56-58-61-64-67-70-73-76-79-82-85-88-91-103(108)115-94-100(106)95-117-122(111,112)118-96-101(107)97-119-123(113,114)120-99-102(121-105(110)93-90-87-84-81-78-75-72-69-66-63-60-55-42-39-36-33-30-27-24-21-18-15-12-9-6-3)98-116-104(109)92-89-86-83-80-77-74-71-68-65-62-59-57-53-51-46-44-41-38-35-32-29-26-23-20-17-14-11-8-5-2/h16-21,25-30,34-39,43-46,55,60,100-102,106-107H,4-15,22-24,31-33,40-42,47-54,56-59,61-99H2,1-3H3,(H,111,112)(H,113,114)/b19-16-,20-17-,21-18-,28-25-,29-26-,30-27-,37-34-,38-35-,39-36-,45-43-,46-44-,60-55-. The second kappa shape index (κ2) is 96.5. The summed E-state index contributed by atoms with van der Waals surface area (Å²) in [5.74, 6) is -1.57. The largest absolute Gasteiger partial charge is 0.472 e. The van der Waals surface area contributed by atoms with Crippen LogP contribution in [0.2, 0.25) is 0 Å². The third-order valence-electron chi connectivity index (χ3n) is 21.5. The third-order valence-corrected chi connectivity index (χ3v) is 23.4. The zero-order valence-corrected chi connectivity index (χ0v) is 80.4. The number of allylic oxidation sites excluding steroid dienone is 24. The van der Waals surface area contributed by atoms with Crippen molar-refractivity contribution in [3.8, 4) is 0 Å². The molecule has 0 aliphatic carbocycles. The number of rotatable bonds is 95. The Bertz CT molecular complexity index is 2820. The van der Waals surface area contributed by atoms with E-state index in [1.165, 1.54) is 244 Å². The fourth-order valence-electron chi connectivity index (χ4n) is 13.9. The molecule has 0 aliphatic heterocycles. The Kier molecular flexibility index (Phi) is 92.9. The number of ether oxygens (including phenoxy) is 3. The van der Waals surface area contributed by atoms with Crippen molar-refractivity contribution in [2.45, 2.75) is 463 Å². The van der Waals surface area contributed by atoms with E-state index in [0.717, 1.165) is 141 Å². The smallest absolute Gasteiger partial charge is 0.463 e. The van der Waals surface area contributed by atoms with Crippen molar-refractivity contribution in [3.63, 3.8) is 0 Å². The average Bonchev–Trinajstić information content (AvgIpc) is 0.892. The van der Waals surface area contributed by atoms with Crippen molar-refractivity contribution >= 4 is 33.6 Å². The Hall–Kier alpha value is -4.57. The second-order valence-corrected chi connectivity index (χ2v) is 36.5. The van der Waals surface area contributed by atoms with E-state index >= 15 is 0 Å². The fraction of sp³-hybridized carbons (Fsp3) is 0.743. The van der Waals surface area contributed by atoms with Crippen molar-refractivity contribution in [2.24, 2.45) is 0 Å². The maximum atomic E-state index is 13.1. The lowest BCUT2D eigenvalue weighted by Gasteiger charge is -2.21. The summed E-state index contributed by atoms with van der Waals surface area (Å²) in [6, 6.07) is 0. The molecule has 710 valence electrons. The van der Waals surface area contributed by atoms with Crippen molar-refractivity contribution in [1.29, 1.82) is 0 Å². The summed E-state index contributed by atoms with van der Waals surface area (Å²) in [5.41, 5.74) is 0. The molecule has 0 rings (SSSR count). The first kappa shape index (κ1) is 118. The number of aliphatic hydroxyl groups is 2. The molecule has 0 heterocycles. The number of carbonyl (C=O) groups is 3. The molecule has 0 amide bonds. The van der Waals surface area contributed by atoms with E-state index in [9.17, 15) is 43.5 Å². The number of carbonyl (C=O) groups excluding carboxylic acids is 3. The molecule has 0 aromatic rings. The lowest BCUT2D eigenvalue weighted by Crippen LogP contribution is -2.30. The molecule has 0 radical (unpaired) electrons. The van der Waals surface area contributed by atoms with Gasteiger partial charge >= 0.3 is 33.6 Å². The summed E-state index contributed by atoms with van der Waals surface area (Å²) in [6.45, 7) is 2.67. The van der Waals surface area contributed by atoms with Crippen LogP contribution in [0.3, 0.4) is 0 Å². The van der Waals surface area contributed by atoms with E-state index in [1.807, 2.05) is 0 Å². The lowest BCUT2D eigenvalue weighted by atomic mass is 10.0. The predicted octanol–water partition coefficient (Wildman–Crippen LogP) is 31.5. The SMILES string of the molecule is CCCCC/C=C\C/C=C\C/C=C\C/C=C\CCCCCCCCCCCCCCCCCCCC(=O)OCC(O)COP(=O)(O)OCC(O)COP(=O)(O)OCC(COC(=O)CCCCCCCCCCCCCCC/C=C\C/C=C\C/C=C\C/C=C\CCCCC)OC(=O)CCCCCCCCCCC/C=C\C/C=C\C/C=C\C/C=C\CCCCC. The molecule has 0 saturated heterocycles. The molecule has 4 N–H and O–H groups in total. The summed E-state index contributed by atoms with van der Waals surface area (Å²) in [4.78, 5) is 59.2. The van der Waals surface area contributed by atoms with Crippen LogP contribution < -0.4 is 0 Å². The quantitative estimate of drug-likeness (QED) is 0.0146. The maximum Gasteiger partial charge on any atom is 0.472 e. The van der Waals surface area contributed by atoms with Gasteiger partial charge in [-0.25, -0.2) is 9.13 Å². The average molecular weight is 1760 g/mol. The molecule has 0 spiro atoms. The molecule has 0 saturated carbocycles. The zero-order valence-electron chi connectivity index (χ0n) is 78.6. The van der Waals surface area contributed by atoms with Gasteiger partial charge in [0.15, 0.2) is 6.10 Å². The molecule has 16 nitrogen and oxygen atoms in total. The number of unbranched alkanes of at least 4 members (excludes halogenated alkanes) is 48. The Labute approximate surface area is 753 Å². The van der Waals surface area contributed by atoms with E-state index in [1.54, 1.807) is 0 Å². The van der Waals surface area contributed by atoms with Gasteiger partial charge in [-0.1, -0.05) is 417 Å². The summed E-state index contributed by atoms with van der Waals surface area (Å²) in [7, 11) is -9.81. The molecular weight excluding hydrogens is 1580 g/mol. The zero-order chi connectivity index (χ0) is 89.3. The highest BCUT2D eigenvalue weighted by molar-refractivity contribution is 7.47. The molecule has 0 bridgehead atoms. The minimum atomic E-state index is -4.95. The van der Waals surface area contributed by atoms with Crippen LogP contribution in [0.15, 0.2) is 146 Å². The van der Waals surface area contributed by atoms with Gasteiger partial charge in [-0.15, -0.1) is 0 Å². The normalized spacial score (nSPS) is 14.3. The summed E-state index contributed by atoms with van der Waals surface area (Å²) >= 11 is 0. The summed E-state index contributed by atoms with van der Waals surface area (Å²) in [5, 5.41) is 20.8. The lowest BCUT2D eigenvalue weighted by molar-refractivity contribution is -0.161. The molecular formula is C105H184O16P2. The monoisotopic (exact) mass is 1760 g/mol. The number of phosphoric acid groups is 2. The second-order valence-electron chi connectivity index (χ2n) is 33.6. The number of hydrogen-bond donors (Lipinski definition) is 4. The van der Waals surface area contributed by atoms with Crippen molar-refractivity contribution in [2.75, 3.05) is 39.6 Å². The fourth-order valence-corrected chi connectivity index (χ4v) is 15.5. The molecule has 0 fully saturated rings. The van der Waals surface area contributed by atoms with Gasteiger partial charge in [0.1, 0.15) is 25.4 Å². The Morgan fingerprint density at radius 2 is 0.407 bits per heavy atom. The van der Waals surface area contributed by atoms with Crippen molar-refractivity contribution in [3.05, 3.63) is 146 Å². The Morgan fingerprint density at radius 1 is 0.228 bits per heavy atom. The first-order valence-electron chi connectivity index (χ1n) is 50.1. The molecule has 0 aromatic carbocycles. The van der Waals surface area contributed by atoms with E-state index in [4.69, 9.17) is 32.3 Å². The van der Waals surface area contributed by atoms with Crippen LogP contribution in [-0.4, -0.2) is 95.9 Å². The van der Waals surface area contributed by atoms with Crippen molar-refractivity contribution < 1.29 is 75.8 Å². The third kappa shape index (κ3) is 97.9. The van der Waals surface area contributed by atoms with Crippen LogP contribution in [0.1, 0.15) is 445 Å². The molecule has 0 aliphatic rings. The van der Waals surface area contributed by atoms with Gasteiger partial charge in [0, 0.05) is 19.3 Å². The van der Waals surface area contributed by atoms with Gasteiger partial charge in [0.05, 0.1) is 26.4 Å². The Morgan fingerprint density at radius 3 is 0.642 bits per heavy atom. The first-order chi connectivity index (χ1) is 60.2. The van der Waals surface area contributed by atoms with Crippen LogP contribution in [0.4, 0.5) is 0 Å². The van der Waals surface area contributed by atoms with Gasteiger partial charge in [-0.2, -0.15) is 0 Å². The summed E-state index contributed by atoms with van der Waals surface area (Å²) in [6.07, 6.45) is 123. The van der Waals surface area contributed by atoms with Gasteiger partial charge in [0.25, 0.3) is 0 Å². The van der Waals surface area contributed by atoms with Gasteiger partial charge in [-0.05, 0) is 154 Å². The molecule has 18 heteroatoms. The molecule has 0 aromatic heterocycles. The maximum absolute atomic E-state index is 13.1. The number of hydrogen-bond acceptors (Lipinski definition) is 14. The van der Waals surface area contributed by atoms with Crippen molar-refractivity contribution in [1.82, 2.24) is 0 Å². The van der Waals surface area contributed by atoms with E-state index < -0.39 is 91.5 Å². The highest BCUT2D eigenvalue weighted by Gasteiger charge is 2.30. The minimum absolute atomic E-state index is 0.0955. The molecule has 123 heavy (non-hydrogen) atoms. The number of phosphoric ester groups is 2. The van der Waals surface area contributed by atoms with Gasteiger partial charge in [-0.3, -0.25) is 32.5 Å². The van der Waals surface area contributed by atoms with E-state index in [-0.39, 0.29) is 19.3 Å². The number of aliphatic hydroxyl groups excluding tert-OH is 2. The van der Waals surface area contributed by atoms with Gasteiger partial charge in [0.2, 0.25) is 0 Å². The summed E-state index contributed by atoms with van der Waals surface area (Å²) < 4.78 is 61.6. The van der Waals surface area contributed by atoms with Crippen LogP contribution in [0, 0.1) is 0 Å². The molecule has 5 atom stereocenters. The first-order valence-corrected chi connectivity index (χ1v) is 53.1. The van der Waals surface area contributed by atoms with Crippen LogP contribution in [0.5, 0.6) is 0 Å². The highest BCUT2D eigenvalue weighted by Crippen LogP contribution is 2.45. The van der Waals surface area contributed by atoms with Gasteiger partial charge < -0.3 is 34.2 Å².